The first-order valence-corrected chi connectivity index (χ1v) is 8.39. The molecule has 6 nitrogen and oxygen atoms in total. The van der Waals surface area contributed by atoms with Gasteiger partial charge in [-0.2, -0.15) is 0 Å². The monoisotopic (exact) mass is 338 g/mol. The SMILES string of the molecule is CCc1ccc(NC(=O)C(C)n2c(C)nc3[nH]c(C)cc3c2=O)cc1. The van der Waals surface area contributed by atoms with E-state index < -0.39 is 6.04 Å². The number of aromatic nitrogens is 3. The summed E-state index contributed by atoms with van der Waals surface area (Å²) in [6.45, 7) is 7.39. The summed E-state index contributed by atoms with van der Waals surface area (Å²) in [6.07, 6.45) is 0.945. The molecule has 0 aliphatic heterocycles. The second-order valence-corrected chi connectivity index (χ2v) is 6.26. The van der Waals surface area contributed by atoms with Crippen molar-refractivity contribution in [2.24, 2.45) is 0 Å². The maximum absolute atomic E-state index is 12.8. The number of rotatable bonds is 4. The Bertz CT molecular complexity index is 983. The number of carbonyl (C=O) groups excluding carboxylic acids is 1. The minimum atomic E-state index is -0.662. The fraction of sp³-hybridized carbons (Fsp3) is 0.316. The standard InChI is InChI=1S/C19H22N4O2/c1-5-14-6-8-15(9-7-14)22-18(24)12(3)23-13(4)21-17-16(19(23)25)10-11(2)20-17/h6-10,12,20H,5H2,1-4H3,(H,22,24). The lowest BCUT2D eigenvalue weighted by Gasteiger charge is -2.17. The second-order valence-electron chi connectivity index (χ2n) is 6.26. The zero-order valence-electron chi connectivity index (χ0n) is 14.9. The molecule has 1 atom stereocenters. The molecule has 0 bridgehead atoms. The van der Waals surface area contributed by atoms with Gasteiger partial charge in [-0.25, -0.2) is 4.98 Å². The van der Waals surface area contributed by atoms with Crippen LogP contribution < -0.4 is 10.9 Å². The third kappa shape index (κ3) is 3.20. The predicted molar refractivity (Wildman–Crippen MR) is 99.0 cm³/mol. The van der Waals surface area contributed by atoms with Gasteiger partial charge in [-0.3, -0.25) is 14.2 Å². The fourth-order valence-electron chi connectivity index (χ4n) is 2.96. The van der Waals surface area contributed by atoms with Crippen LogP contribution in [0.2, 0.25) is 0 Å². The Morgan fingerprint density at radius 3 is 2.60 bits per heavy atom. The van der Waals surface area contributed by atoms with Crippen molar-refractivity contribution in [1.29, 1.82) is 0 Å². The average Bonchev–Trinajstić information content (AvgIpc) is 2.96. The molecule has 0 spiro atoms. The molecule has 2 N–H and O–H groups in total. The Balaban J connectivity index is 1.91. The van der Waals surface area contributed by atoms with Gasteiger partial charge in [-0.05, 0) is 51.0 Å². The third-order valence-electron chi connectivity index (χ3n) is 4.40. The first kappa shape index (κ1) is 17.0. The Morgan fingerprint density at radius 1 is 1.28 bits per heavy atom. The highest BCUT2D eigenvalue weighted by molar-refractivity contribution is 5.93. The minimum absolute atomic E-state index is 0.212. The van der Waals surface area contributed by atoms with E-state index >= 15 is 0 Å². The summed E-state index contributed by atoms with van der Waals surface area (Å²) in [5.41, 5.74) is 3.13. The van der Waals surface area contributed by atoms with E-state index in [9.17, 15) is 9.59 Å². The van der Waals surface area contributed by atoms with Gasteiger partial charge in [0.2, 0.25) is 5.91 Å². The van der Waals surface area contributed by atoms with Gasteiger partial charge in [0.15, 0.2) is 0 Å². The topological polar surface area (TPSA) is 79.8 Å². The lowest BCUT2D eigenvalue weighted by Crippen LogP contribution is -2.33. The predicted octanol–water partition coefficient (Wildman–Crippen LogP) is 3.10. The number of anilines is 1. The van der Waals surface area contributed by atoms with Crippen molar-refractivity contribution in [2.75, 3.05) is 5.32 Å². The molecule has 6 heteroatoms. The molecule has 0 aliphatic rings. The fourth-order valence-corrected chi connectivity index (χ4v) is 2.96. The van der Waals surface area contributed by atoms with Crippen molar-refractivity contribution in [1.82, 2.24) is 14.5 Å². The summed E-state index contributed by atoms with van der Waals surface area (Å²) in [5, 5.41) is 3.36. The van der Waals surface area contributed by atoms with Crippen LogP contribution in [-0.4, -0.2) is 20.4 Å². The van der Waals surface area contributed by atoms with Crippen LogP contribution in [0.25, 0.3) is 11.0 Å². The quantitative estimate of drug-likeness (QED) is 0.767. The highest BCUT2D eigenvalue weighted by Gasteiger charge is 2.21. The van der Waals surface area contributed by atoms with E-state index in [-0.39, 0.29) is 11.5 Å². The first-order valence-electron chi connectivity index (χ1n) is 8.39. The van der Waals surface area contributed by atoms with E-state index in [4.69, 9.17) is 0 Å². The molecule has 3 aromatic rings. The molecule has 0 radical (unpaired) electrons. The van der Waals surface area contributed by atoms with Crippen molar-refractivity contribution in [3.05, 3.63) is 57.8 Å². The van der Waals surface area contributed by atoms with E-state index in [1.165, 1.54) is 10.1 Å². The van der Waals surface area contributed by atoms with Gasteiger partial charge >= 0.3 is 0 Å². The number of hydrogen-bond acceptors (Lipinski definition) is 3. The van der Waals surface area contributed by atoms with E-state index in [2.05, 4.69) is 22.2 Å². The van der Waals surface area contributed by atoms with Crippen LogP contribution in [0.3, 0.4) is 0 Å². The van der Waals surface area contributed by atoms with Gasteiger partial charge in [0.25, 0.3) is 5.56 Å². The van der Waals surface area contributed by atoms with E-state index in [1.807, 2.05) is 31.2 Å². The van der Waals surface area contributed by atoms with Crippen LogP contribution in [0.1, 0.15) is 37.0 Å². The summed E-state index contributed by atoms with van der Waals surface area (Å²) in [4.78, 5) is 32.9. The minimum Gasteiger partial charge on any atom is -0.343 e. The van der Waals surface area contributed by atoms with E-state index in [1.54, 1.807) is 19.9 Å². The zero-order chi connectivity index (χ0) is 18.1. The number of nitrogens with one attached hydrogen (secondary N) is 2. The summed E-state index contributed by atoms with van der Waals surface area (Å²) >= 11 is 0. The highest BCUT2D eigenvalue weighted by atomic mass is 16.2. The smallest absolute Gasteiger partial charge is 0.263 e. The number of H-pyrrole nitrogens is 1. The van der Waals surface area contributed by atoms with Gasteiger partial charge in [0, 0.05) is 11.4 Å². The molecule has 130 valence electrons. The number of aromatic amines is 1. The molecule has 25 heavy (non-hydrogen) atoms. The number of fused-ring (bicyclic) bond motifs is 1. The van der Waals surface area contributed by atoms with Crippen molar-refractivity contribution < 1.29 is 4.79 Å². The molecular formula is C19H22N4O2. The number of hydrogen-bond donors (Lipinski definition) is 2. The van der Waals surface area contributed by atoms with Crippen molar-refractivity contribution >= 4 is 22.6 Å². The largest absolute Gasteiger partial charge is 0.343 e. The van der Waals surface area contributed by atoms with E-state index in [0.29, 0.717) is 22.5 Å². The number of nitrogens with zero attached hydrogens (tertiary/aromatic N) is 2. The lowest BCUT2D eigenvalue weighted by molar-refractivity contribution is -0.118. The molecule has 0 aliphatic carbocycles. The van der Waals surface area contributed by atoms with Crippen LogP contribution in [-0.2, 0) is 11.2 Å². The number of benzene rings is 1. The first-order chi connectivity index (χ1) is 11.9. The summed E-state index contributed by atoms with van der Waals surface area (Å²) in [5.74, 6) is 0.256. The Hall–Kier alpha value is -2.89. The molecule has 1 unspecified atom stereocenters. The third-order valence-corrected chi connectivity index (χ3v) is 4.40. The second kappa shape index (κ2) is 6.55. The molecule has 1 aromatic carbocycles. The lowest BCUT2D eigenvalue weighted by atomic mass is 10.1. The molecular weight excluding hydrogens is 316 g/mol. The number of carbonyl (C=O) groups is 1. The maximum atomic E-state index is 12.8. The van der Waals surface area contributed by atoms with Crippen LogP contribution in [0, 0.1) is 13.8 Å². The Kier molecular flexibility index (Phi) is 4.44. The molecule has 2 heterocycles. The van der Waals surface area contributed by atoms with Gasteiger partial charge in [-0.15, -0.1) is 0 Å². The van der Waals surface area contributed by atoms with Gasteiger partial charge in [0.1, 0.15) is 17.5 Å². The molecule has 0 saturated carbocycles. The van der Waals surface area contributed by atoms with Crippen LogP contribution in [0.5, 0.6) is 0 Å². The Morgan fingerprint density at radius 2 is 1.96 bits per heavy atom. The molecule has 0 saturated heterocycles. The molecule has 2 aromatic heterocycles. The number of aryl methyl sites for hydroxylation is 3. The average molecular weight is 338 g/mol. The van der Waals surface area contributed by atoms with Gasteiger partial charge < -0.3 is 10.3 Å². The zero-order valence-corrected chi connectivity index (χ0v) is 14.9. The number of amides is 1. The summed E-state index contributed by atoms with van der Waals surface area (Å²) in [6, 6.07) is 8.80. The van der Waals surface area contributed by atoms with Crippen molar-refractivity contribution in [3.8, 4) is 0 Å². The van der Waals surface area contributed by atoms with Crippen LogP contribution >= 0.6 is 0 Å². The molecule has 1 amide bonds. The maximum Gasteiger partial charge on any atom is 0.263 e. The van der Waals surface area contributed by atoms with Gasteiger partial charge in [0.05, 0.1) is 5.39 Å². The molecule has 0 fully saturated rings. The van der Waals surface area contributed by atoms with Crippen molar-refractivity contribution in [2.45, 2.75) is 40.2 Å². The normalized spacial score (nSPS) is 12.3. The van der Waals surface area contributed by atoms with E-state index in [0.717, 1.165) is 12.1 Å². The van der Waals surface area contributed by atoms with Crippen molar-refractivity contribution in [3.63, 3.8) is 0 Å². The van der Waals surface area contributed by atoms with Crippen LogP contribution in [0.15, 0.2) is 35.1 Å². The summed E-state index contributed by atoms with van der Waals surface area (Å²) in [7, 11) is 0. The van der Waals surface area contributed by atoms with Crippen LogP contribution in [0.4, 0.5) is 5.69 Å². The summed E-state index contributed by atoms with van der Waals surface area (Å²) < 4.78 is 1.44. The van der Waals surface area contributed by atoms with Gasteiger partial charge in [-0.1, -0.05) is 19.1 Å². The molecule has 3 rings (SSSR count). The highest BCUT2D eigenvalue weighted by Crippen LogP contribution is 2.16. The Labute approximate surface area is 145 Å².